The number of alkyl halides is 1. The monoisotopic (exact) mass is 354 g/mol. The molecule has 1 unspecified atom stereocenters. The highest BCUT2D eigenvalue weighted by Crippen LogP contribution is 2.22. The molecule has 0 bridgehead atoms. The predicted molar refractivity (Wildman–Crippen MR) is 84.0 cm³/mol. The molecule has 21 heavy (non-hydrogen) atoms. The third-order valence-electron chi connectivity index (χ3n) is 3.43. The van der Waals surface area contributed by atoms with Crippen molar-refractivity contribution in [3.05, 3.63) is 65.2 Å². The summed E-state index contributed by atoms with van der Waals surface area (Å²) < 4.78 is 32.7. The van der Waals surface area contributed by atoms with Crippen LogP contribution in [0.5, 0.6) is 5.75 Å². The summed E-state index contributed by atoms with van der Waals surface area (Å²) in [5.41, 5.74) is 1.25. The molecule has 0 saturated carbocycles. The van der Waals surface area contributed by atoms with Gasteiger partial charge in [0.1, 0.15) is 17.4 Å². The largest absolute Gasteiger partial charge is 0.497 e. The van der Waals surface area contributed by atoms with Gasteiger partial charge >= 0.3 is 0 Å². The first-order valence-corrected chi connectivity index (χ1v) is 7.88. The first kappa shape index (κ1) is 16.0. The summed E-state index contributed by atoms with van der Waals surface area (Å²) in [6.07, 6.45) is 1.09. The highest BCUT2D eigenvalue weighted by Gasteiger charge is 2.16. The average molecular weight is 355 g/mol. The lowest BCUT2D eigenvalue weighted by Crippen LogP contribution is -2.12. The molecule has 0 amide bonds. The third-order valence-corrected chi connectivity index (χ3v) is 4.35. The first-order chi connectivity index (χ1) is 10.1. The highest BCUT2D eigenvalue weighted by molar-refractivity contribution is 9.09. The van der Waals surface area contributed by atoms with Crippen LogP contribution in [0, 0.1) is 17.6 Å². The van der Waals surface area contributed by atoms with Gasteiger partial charge in [-0.2, -0.15) is 0 Å². The summed E-state index contributed by atoms with van der Waals surface area (Å²) in [7, 11) is 1.62. The lowest BCUT2D eigenvalue weighted by atomic mass is 9.93. The summed E-state index contributed by atoms with van der Waals surface area (Å²) in [6.45, 7) is 0. The van der Waals surface area contributed by atoms with E-state index in [4.69, 9.17) is 4.74 Å². The fourth-order valence-electron chi connectivity index (χ4n) is 2.33. The van der Waals surface area contributed by atoms with Gasteiger partial charge in [-0.05, 0) is 48.6 Å². The summed E-state index contributed by atoms with van der Waals surface area (Å²) in [6, 6.07) is 11.7. The van der Waals surface area contributed by atoms with E-state index in [1.54, 1.807) is 7.11 Å². The second kappa shape index (κ2) is 7.55. The van der Waals surface area contributed by atoms with Gasteiger partial charge in [-0.15, -0.1) is 0 Å². The van der Waals surface area contributed by atoms with Gasteiger partial charge in [-0.3, -0.25) is 0 Å². The van der Waals surface area contributed by atoms with Gasteiger partial charge in [-0.1, -0.05) is 34.1 Å². The van der Waals surface area contributed by atoms with Gasteiger partial charge in [0, 0.05) is 10.9 Å². The van der Waals surface area contributed by atoms with Gasteiger partial charge in [0.05, 0.1) is 7.11 Å². The van der Waals surface area contributed by atoms with Crippen molar-refractivity contribution in [1.82, 2.24) is 0 Å². The number of hydrogen-bond acceptors (Lipinski definition) is 1. The number of halogens is 3. The van der Waals surface area contributed by atoms with Crippen molar-refractivity contribution in [2.75, 3.05) is 12.4 Å². The number of hydrogen-bond donors (Lipinski definition) is 0. The van der Waals surface area contributed by atoms with Crippen LogP contribution in [-0.2, 0) is 12.8 Å². The predicted octanol–water partition coefficient (Wildman–Crippen LogP) is 4.77. The van der Waals surface area contributed by atoms with Crippen molar-refractivity contribution < 1.29 is 13.5 Å². The Bertz CT molecular complexity index is 581. The Balaban J connectivity index is 2.13. The van der Waals surface area contributed by atoms with Crippen LogP contribution in [-0.4, -0.2) is 12.4 Å². The number of rotatable bonds is 6. The van der Waals surface area contributed by atoms with Crippen LogP contribution in [0.1, 0.15) is 11.1 Å². The normalized spacial score (nSPS) is 12.2. The Morgan fingerprint density at radius 3 is 2.33 bits per heavy atom. The number of benzene rings is 2. The van der Waals surface area contributed by atoms with Gasteiger partial charge in [0.25, 0.3) is 0 Å². The van der Waals surface area contributed by atoms with Crippen LogP contribution in [0.2, 0.25) is 0 Å². The molecule has 0 heterocycles. The van der Waals surface area contributed by atoms with Crippen molar-refractivity contribution in [2.45, 2.75) is 12.8 Å². The molecule has 2 aromatic rings. The molecule has 0 aliphatic carbocycles. The van der Waals surface area contributed by atoms with E-state index in [0.717, 1.165) is 17.7 Å². The lowest BCUT2D eigenvalue weighted by Gasteiger charge is -2.15. The highest BCUT2D eigenvalue weighted by atomic mass is 79.9. The molecule has 2 rings (SSSR count). The van der Waals surface area contributed by atoms with E-state index < -0.39 is 11.6 Å². The maximum absolute atomic E-state index is 13.7. The van der Waals surface area contributed by atoms with Gasteiger partial charge in [0.15, 0.2) is 0 Å². The zero-order valence-electron chi connectivity index (χ0n) is 11.8. The zero-order valence-corrected chi connectivity index (χ0v) is 13.4. The molecular weight excluding hydrogens is 338 g/mol. The van der Waals surface area contributed by atoms with E-state index in [-0.39, 0.29) is 11.5 Å². The van der Waals surface area contributed by atoms with Crippen LogP contribution in [0.3, 0.4) is 0 Å². The molecule has 2 aromatic carbocycles. The van der Waals surface area contributed by atoms with Crippen LogP contribution in [0.4, 0.5) is 8.78 Å². The summed E-state index contributed by atoms with van der Waals surface area (Å²) in [5, 5.41) is 0.679. The molecule has 0 fully saturated rings. The SMILES string of the molecule is COc1cccc(CC(CBr)Cc2c(F)cccc2F)c1. The maximum Gasteiger partial charge on any atom is 0.129 e. The van der Waals surface area contributed by atoms with E-state index in [0.29, 0.717) is 11.8 Å². The molecule has 0 aliphatic heterocycles. The molecule has 0 N–H and O–H groups in total. The number of ether oxygens (including phenoxy) is 1. The van der Waals surface area contributed by atoms with E-state index in [9.17, 15) is 8.78 Å². The van der Waals surface area contributed by atoms with Crippen molar-refractivity contribution >= 4 is 15.9 Å². The fourth-order valence-corrected chi connectivity index (χ4v) is 2.79. The van der Waals surface area contributed by atoms with Crippen molar-refractivity contribution in [3.8, 4) is 5.75 Å². The van der Waals surface area contributed by atoms with E-state index in [1.807, 2.05) is 24.3 Å². The second-order valence-electron chi connectivity index (χ2n) is 4.98. The molecule has 0 aromatic heterocycles. The quantitative estimate of drug-likeness (QED) is 0.679. The van der Waals surface area contributed by atoms with Gasteiger partial charge < -0.3 is 4.74 Å². The summed E-state index contributed by atoms with van der Waals surface area (Å²) in [5.74, 6) is -0.0559. The van der Waals surface area contributed by atoms with Crippen LogP contribution < -0.4 is 4.74 Å². The Morgan fingerprint density at radius 2 is 1.71 bits per heavy atom. The molecular formula is C17H17BrF2O. The van der Waals surface area contributed by atoms with Crippen molar-refractivity contribution in [2.24, 2.45) is 5.92 Å². The van der Waals surface area contributed by atoms with E-state index in [1.165, 1.54) is 18.2 Å². The van der Waals surface area contributed by atoms with E-state index in [2.05, 4.69) is 15.9 Å². The fraction of sp³-hybridized carbons (Fsp3) is 0.294. The molecule has 0 spiro atoms. The molecule has 1 atom stereocenters. The van der Waals surface area contributed by atoms with Crippen LogP contribution >= 0.6 is 15.9 Å². The molecule has 0 aliphatic rings. The third kappa shape index (κ3) is 4.27. The van der Waals surface area contributed by atoms with E-state index >= 15 is 0 Å². The van der Waals surface area contributed by atoms with Crippen molar-refractivity contribution in [1.29, 1.82) is 0 Å². The van der Waals surface area contributed by atoms with Crippen LogP contribution in [0.15, 0.2) is 42.5 Å². The Labute approximate surface area is 132 Å². The maximum atomic E-state index is 13.7. The zero-order chi connectivity index (χ0) is 15.2. The standard InChI is InChI=1S/C17H17BrF2O/c1-21-14-5-2-4-12(9-14)8-13(11-18)10-15-16(19)6-3-7-17(15)20/h2-7,9,13H,8,10-11H2,1H3. The molecule has 4 heteroatoms. The Morgan fingerprint density at radius 1 is 1.05 bits per heavy atom. The van der Waals surface area contributed by atoms with Gasteiger partial charge in [0.2, 0.25) is 0 Å². The van der Waals surface area contributed by atoms with Crippen molar-refractivity contribution in [3.63, 3.8) is 0 Å². The van der Waals surface area contributed by atoms with Gasteiger partial charge in [-0.25, -0.2) is 8.78 Å². The minimum Gasteiger partial charge on any atom is -0.497 e. The molecule has 112 valence electrons. The lowest BCUT2D eigenvalue weighted by molar-refractivity contribution is 0.413. The molecule has 1 nitrogen and oxygen atoms in total. The minimum atomic E-state index is -0.480. The molecule has 0 radical (unpaired) electrons. The topological polar surface area (TPSA) is 9.23 Å². The first-order valence-electron chi connectivity index (χ1n) is 6.75. The Hall–Kier alpha value is -1.42. The smallest absolute Gasteiger partial charge is 0.129 e. The van der Waals surface area contributed by atoms with Crippen LogP contribution in [0.25, 0.3) is 0 Å². The number of methoxy groups -OCH3 is 1. The second-order valence-corrected chi connectivity index (χ2v) is 5.63. The summed E-state index contributed by atoms with van der Waals surface area (Å²) in [4.78, 5) is 0. The Kier molecular flexibility index (Phi) is 5.74. The summed E-state index contributed by atoms with van der Waals surface area (Å²) >= 11 is 3.44. The molecule has 0 saturated heterocycles. The minimum absolute atomic E-state index is 0.114. The average Bonchev–Trinajstić information content (AvgIpc) is 2.50.